The van der Waals surface area contributed by atoms with Gasteiger partial charge in [-0.1, -0.05) is 35.1 Å². The van der Waals surface area contributed by atoms with E-state index in [-0.39, 0.29) is 0 Å². The summed E-state index contributed by atoms with van der Waals surface area (Å²) in [6.45, 7) is 2.06. The van der Waals surface area contributed by atoms with Crippen molar-refractivity contribution in [1.82, 2.24) is 15.0 Å². The molecular weight excluding hydrogens is 368 g/mol. The predicted octanol–water partition coefficient (Wildman–Crippen LogP) is 5.12. The topological polar surface area (TPSA) is 88.8 Å². The van der Waals surface area contributed by atoms with Gasteiger partial charge in [-0.2, -0.15) is 0 Å². The van der Waals surface area contributed by atoms with Gasteiger partial charge in [0.2, 0.25) is 0 Å². The van der Waals surface area contributed by atoms with Gasteiger partial charge in [0, 0.05) is 10.7 Å². The van der Waals surface area contributed by atoms with E-state index in [9.17, 15) is 0 Å². The maximum Gasteiger partial charge on any atom is 0.189 e. The molecule has 0 spiro atoms. The van der Waals surface area contributed by atoms with Crippen LogP contribution < -0.4 is 16.4 Å². The number of nitrogen functional groups attached to an aromatic ring is 1. The molecule has 0 unspecified atom stereocenters. The number of nitrogens with zero attached hydrogens (tertiary/aromatic N) is 3. The third kappa shape index (κ3) is 3.40. The van der Waals surface area contributed by atoms with Crippen molar-refractivity contribution in [3.63, 3.8) is 0 Å². The van der Waals surface area contributed by atoms with E-state index in [4.69, 9.17) is 17.3 Å². The Morgan fingerprint density at radius 3 is 2.65 bits per heavy atom. The molecule has 2 aromatic heterocycles. The quantitative estimate of drug-likeness (QED) is 0.454. The minimum Gasteiger partial charge on any atom is -0.393 e. The zero-order chi connectivity index (χ0) is 18.1. The monoisotopic (exact) mass is 382 g/mol. The average Bonchev–Trinajstić information content (AvgIpc) is 3.00. The van der Waals surface area contributed by atoms with Crippen LogP contribution in [0.2, 0.25) is 5.02 Å². The van der Waals surface area contributed by atoms with Gasteiger partial charge in [0.1, 0.15) is 12.0 Å². The third-order valence-corrected chi connectivity index (χ3v) is 4.91. The van der Waals surface area contributed by atoms with Gasteiger partial charge in [-0.05, 0) is 42.8 Å². The second-order valence-corrected chi connectivity index (χ2v) is 7.20. The minimum atomic E-state index is 0.405. The molecule has 4 N–H and O–H groups in total. The number of halogens is 1. The van der Waals surface area contributed by atoms with E-state index >= 15 is 0 Å². The zero-order valence-corrected chi connectivity index (χ0v) is 15.4. The first kappa shape index (κ1) is 16.6. The maximum atomic E-state index is 6.23. The van der Waals surface area contributed by atoms with E-state index in [0.717, 1.165) is 21.0 Å². The highest BCUT2D eigenvalue weighted by molar-refractivity contribution is 7.22. The van der Waals surface area contributed by atoms with Gasteiger partial charge in [-0.3, -0.25) is 0 Å². The lowest BCUT2D eigenvalue weighted by atomic mass is 10.2. The van der Waals surface area contributed by atoms with Gasteiger partial charge in [-0.15, -0.1) is 0 Å². The van der Waals surface area contributed by atoms with Gasteiger partial charge in [0.15, 0.2) is 16.8 Å². The molecule has 0 radical (unpaired) electrons. The average molecular weight is 383 g/mol. The Hall–Kier alpha value is -2.90. The smallest absolute Gasteiger partial charge is 0.189 e. The fourth-order valence-electron chi connectivity index (χ4n) is 2.48. The Morgan fingerprint density at radius 1 is 1.04 bits per heavy atom. The first-order valence-electron chi connectivity index (χ1n) is 7.86. The number of anilines is 5. The number of nitrogens with one attached hydrogen (secondary N) is 2. The molecule has 2 aromatic carbocycles. The molecule has 0 saturated carbocycles. The highest BCUT2D eigenvalue weighted by atomic mass is 35.5. The van der Waals surface area contributed by atoms with Crippen molar-refractivity contribution >= 4 is 61.3 Å². The van der Waals surface area contributed by atoms with E-state index in [1.54, 1.807) is 23.5 Å². The van der Waals surface area contributed by atoms with Crippen molar-refractivity contribution < 1.29 is 0 Å². The summed E-state index contributed by atoms with van der Waals surface area (Å²) >= 11 is 7.57. The number of hydrogen-bond donors (Lipinski definition) is 3. The second-order valence-electron chi connectivity index (χ2n) is 5.74. The molecule has 0 aliphatic rings. The number of fused-ring (bicyclic) bond motifs is 1. The highest BCUT2D eigenvalue weighted by Gasteiger charge is 2.11. The van der Waals surface area contributed by atoms with Crippen molar-refractivity contribution in [2.24, 2.45) is 0 Å². The summed E-state index contributed by atoms with van der Waals surface area (Å²) in [5, 5.41) is 7.70. The Kier molecular flexibility index (Phi) is 4.32. The van der Waals surface area contributed by atoms with Crippen LogP contribution in [0, 0.1) is 6.92 Å². The van der Waals surface area contributed by atoms with E-state index in [2.05, 4.69) is 38.6 Å². The molecule has 4 rings (SSSR count). The van der Waals surface area contributed by atoms with Crippen LogP contribution in [0.15, 0.2) is 48.8 Å². The van der Waals surface area contributed by atoms with Crippen LogP contribution in [-0.4, -0.2) is 15.0 Å². The standard InChI is InChI=1S/C18H15ClN6S/c1-10-5-6-13-14(7-10)26-18(24-13)25-17-15(20)16(21-9-22-17)23-12-4-2-3-11(19)8-12/h2-9H,20H2,1H3,(H2,21,22,23,24,25). The summed E-state index contributed by atoms with van der Waals surface area (Å²) in [5.41, 5.74) is 9.56. The predicted molar refractivity (Wildman–Crippen MR) is 109 cm³/mol. The molecule has 8 heteroatoms. The van der Waals surface area contributed by atoms with E-state index in [0.29, 0.717) is 22.3 Å². The second kappa shape index (κ2) is 6.78. The lowest BCUT2D eigenvalue weighted by Crippen LogP contribution is -2.05. The third-order valence-electron chi connectivity index (χ3n) is 3.74. The molecule has 0 bridgehead atoms. The van der Waals surface area contributed by atoms with E-state index < -0.39 is 0 Å². The van der Waals surface area contributed by atoms with Crippen molar-refractivity contribution in [3.8, 4) is 0 Å². The minimum absolute atomic E-state index is 0.405. The SMILES string of the molecule is Cc1ccc2nc(Nc3ncnc(Nc4cccc(Cl)c4)c3N)sc2c1. The maximum absolute atomic E-state index is 6.23. The fraction of sp³-hybridized carbons (Fsp3) is 0.0556. The molecule has 6 nitrogen and oxygen atoms in total. The molecular formula is C18H15ClN6S. The Balaban J connectivity index is 1.62. The van der Waals surface area contributed by atoms with Crippen LogP contribution in [-0.2, 0) is 0 Å². The number of thiazole rings is 1. The van der Waals surface area contributed by atoms with Gasteiger partial charge in [0.05, 0.1) is 10.2 Å². The molecule has 0 fully saturated rings. The zero-order valence-electron chi connectivity index (χ0n) is 13.8. The lowest BCUT2D eigenvalue weighted by molar-refractivity contribution is 1.17. The molecule has 0 saturated heterocycles. The van der Waals surface area contributed by atoms with Gasteiger partial charge in [0.25, 0.3) is 0 Å². The Bertz CT molecular complexity index is 1090. The molecule has 0 amide bonds. The number of benzene rings is 2. The van der Waals surface area contributed by atoms with Gasteiger partial charge < -0.3 is 16.4 Å². The molecule has 0 aliphatic carbocycles. The van der Waals surface area contributed by atoms with Gasteiger partial charge in [-0.25, -0.2) is 15.0 Å². The number of nitrogens with two attached hydrogens (primary N) is 1. The van der Waals surface area contributed by atoms with Crippen LogP contribution in [0.4, 0.5) is 28.1 Å². The van der Waals surface area contributed by atoms with Crippen molar-refractivity contribution in [2.45, 2.75) is 6.92 Å². The largest absolute Gasteiger partial charge is 0.393 e. The molecule has 4 aromatic rings. The van der Waals surface area contributed by atoms with Gasteiger partial charge >= 0.3 is 0 Å². The highest BCUT2D eigenvalue weighted by Crippen LogP contribution is 2.32. The molecule has 26 heavy (non-hydrogen) atoms. The normalized spacial score (nSPS) is 10.8. The van der Waals surface area contributed by atoms with Crippen LogP contribution in [0.3, 0.4) is 0 Å². The molecule has 0 atom stereocenters. The first-order valence-corrected chi connectivity index (χ1v) is 9.05. The van der Waals surface area contributed by atoms with Crippen LogP contribution in [0.25, 0.3) is 10.2 Å². The first-order chi connectivity index (χ1) is 12.6. The van der Waals surface area contributed by atoms with Crippen molar-refractivity contribution in [3.05, 3.63) is 59.4 Å². The van der Waals surface area contributed by atoms with E-state index in [1.165, 1.54) is 11.9 Å². The van der Waals surface area contributed by atoms with Crippen molar-refractivity contribution in [1.29, 1.82) is 0 Å². The summed E-state index contributed by atoms with van der Waals surface area (Å²) in [7, 11) is 0. The number of aryl methyl sites for hydroxylation is 1. The summed E-state index contributed by atoms with van der Waals surface area (Å²) < 4.78 is 1.11. The summed E-state index contributed by atoms with van der Waals surface area (Å²) in [5.74, 6) is 1.00. The van der Waals surface area contributed by atoms with Crippen LogP contribution >= 0.6 is 22.9 Å². The summed E-state index contributed by atoms with van der Waals surface area (Å²) in [4.78, 5) is 13.0. The Labute approximate surface area is 159 Å². The number of aromatic nitrogens is 3. The molecule has 2 heterocycles. The van der Waals surface area contributed by atoms with Crippen LogP contribution in [0.1, 0.15) is 5.56 Å². The Morgan fingerprint density at radius 2 is 1.85 bits per heavy atom. The molecule has 0 aliphatic heterocycles. The number of hydrogen-bond acceptors (Lipinski definition) is 7. The van der Waals surface area contributed by atoms with Crippen LogP contribution in [0.5, 0.6) is 0 Å². The van der Waals surface area contributed by atoms with E-state index in [1.807, 2.05) is 24.3 Å². The molecule has 130 valence electrons. The number of rotatable bonds is 4. The van der Waals surface area contributed by atoms with Crippen molar-refractivity contribution in [2.75, 3.05) is 16.4 Å². The summed E-state index contributed by atoms with van der Waals surface area (Å²) in [6, 6.07) is 13.5. The lowest BCUT2D eigenvalue weighted by Gasteiger charge is -2.11. The fourth-order valence-corrected chi connectivity index (χ4v) is 3.64. The summed E-state index contributed by atoms with van der Waals surface area (Å²) in [6.07, 6.45) is 1.45.